The molecule has 0 aromatic heterocycles. The number of alkyl halides is 2. The first-order chi connectivity index (χ1) is 13.4. The number of carbonyl (C=O) groups excluding carboxylic acids is 2. The van der Waals surface area contributed by atoms with E-state index >= 15 is 0 Å². The molecule has 9 heteroatoms. The number of hydrogen-bond donors (Lipinski definition) is 1. The minimum Gasteiger partial charge on any atom is -0.454 e. The van der Waals surface area contributed by atoms with Crippen molar-refractivity contribution in [1.29, 1.82) is 0 Å². The quantitative estimate of drug-likeness (QED) is 0.557. The van der Waals surface area contributed by atoms with E-state index in [4.69, 9.17) is 14.2 Å². The van der Waals surface area contributed by atoms with E-state index in [1.165, 1.54) is 31.2 Å². The number of thioether (sulfide) groups is 1. The number of hydrogen-bond acceptors (Lipinski definition) is 6. The Labute approximate surface area is 164 Å². The number of fused-ring (bicyclic) bond motifs is 1. The minimum absolute atomic E-state index is 0.167. The number of amides is 1. The zero-order valence-electron chi connectivity index (χ0n) is 14.8. The van der Waals surface area contributed by atoms with E-state index < -0.39 is 23.7 Å². The van der Waals surface area contributed by atoms with Crippen LogP contribution in [0.5, 0.6) is 11.5 Å². The molecule has 0 saturated carbocycles. The lowest BCUT2D eigenvalue weighted by atomic mass is 10.2. The van der Waals surface area contributed by atoms with Gasteiger partial charge in [0.05, 0.1) is 5.56 Å². The van der Waals surface area contributed by atoms with E-state index in [-0.39, 0.29) is 18.9 Å². The van der Waals surface area contributed by atoms with Gasteiger partial charge in [0.1, 0.15) is 0 Å². The highest BCUT2D eigenvalue weighted by atomic mass is 32.2. The Morgan fingerprint density at radius 1 is 1.14 bits per heavy atom. The Morgan fingerprint density at radius 2 is 1.86 bits per heavy atom. The van der Waals surface area contributed by atoms with Crippen molar-refractivity contribution in [2.45, 2.75) is 30.2 Å². The molecule has 1 unspecified atom stereocenters. The maximum Gasteiger partial charge on any atom is 0.338 e. The van der Waals surface area contributed by atoms with Crippen LogP contribution in [0.3, 0.4) is 0 Å². The third-order valence-corrected chi connectivity index (χ3v) is 4.59. The van der Waals surface area contributed by atoms with Crippen molar-refractivity contribution in [3.63, 3.8) is 0 Å². The molecule has 1 aliphatic heterocycles. The molecule has 0 fully saturated rings. The summed E-state index contributed by atoms with van der Waals surface area (Å²) < 4.78 is 40.3. The molecule has 0 saturated heterocycles. The lowest BCUT2D eigenvalue weighted by Gasteiger charge is -2.14. The SMILES string of the molecule is CC(OC(=O)c1ccc(SC(F)F)cc1)C(=O)NCc1ccc2c(c1)OCO2. The maximum absolute atomic E-state index is 12.3. The van der Waals surface area contributed by atoms with E-state index in [2.05, 4.69) is 5.32 Å². The molecule has 0 aliphatic carbocycles. The van der Waals surface area contributed by atoms with Crippen LogP contribution >= 0.6 is 11.8 Å². The lowest BCUT2D eigenvalue weighted by molar-refractivity contribution is -0.129. The fourth-order valence-corrected chi connectivity index (χ4v) is 2.94. The summed E-state index contributed by atoms with van der Waals surface area (Å²) in [4.78, 5) is 24.6. The van der Waals surface area contributed by atoms with E-state index in [0.29, 0.717) is 28.2 Å². The fraction of sp³-hybridized carbons (Fsp3) is 0.263. The molecule has 1 amide bonds. The van der Waals surface area contributed by atoms with E-state index in [1.54, 1.807) is 18.2 Å². The van der Waals surface area contributed by atoms with Crippen LogP contribution in [0, 0.1) is 0 Å². The molecule has 1 heterocycles. The van der Waals surface area contributed by atoms with Crippen LogP contribution in [0.1, 0.15) is 22.8 Å². The Balaban J connectivity index is 1.50. The van der Waals surface area contributed by atoms with Gasteiger partial charge in [-0.15, -0.1) is 0 Å². The molecule has 3 rings (SSSR count). The van der Waals surface area contributed by atoms with Gasteiger partial charge in [-0.3, -0.25) is 4.79 Å². The first kappa shape index (κ1) is 19.9. The Hall–Kier alpha value is -2.81. The van der Waals surface area contributed by atoms with Crippen molar-refractivity contribution >= 4 is 23.6 Å². The molecule has 0 bridgehead atoms. The van der Waals surface area contributed by atoms with E-state index in [9.17, 15) is 18.4 Å². The molecule has 6 nitrogen and oxygen atoms in total. The van der Waals surface area contributed by atoms with Crippen LogP contribution in [0.15, 0.2) is 47.4 Å². The third kappa shape index (κ3) is 5.13. The normalized spacial score (nSPS) is 13.3. The van der Waals surface area contributed by atoms with Crippen LogP contribution in [0.4, 0.5) is 8.78 Å². The average Bonchev–Trinajstić information content (AvgIpc) is 3.13. The molecule has 148 valence electrons. The monoisotopic (exact) mass is 409 g/mol. The predicted octanol–water partition coefficient (Wildman–Crippen LogP) is 3.59. The molecule has 28 heavy (non-hydrogen) atoms. The van der Waals surface area contributed by atoms with Crippen molar-refractivity contribution < 1.29 is 32.6 Å². The molecule has 0 radical (unpaired) electrons. The first-order valence-corrected chi connectivity index (χ1v) is 9.22. The van der Waals surface area contributed by atoms with Crippen LogP contribution in [0.25, 0.3) is 0 Å². The molecule has 2 aromatic rings. The lowest BCUT2D eigenvalue weighted by Crippen LogP contribution is -2.35. The smallest absolute Gasteiger partial charge is 0.338 e. The van der Waals surface area contributed by atoms with Crippen molar-refractivity contribution in [3.05, 3.63) is 53.6 Å². The van der Waals surface area contributed by atoms with Crippen molar-refractivity contribution in [2.24, 2.45) is 0 Å². The van der Waals surface area contributed by atoms with Crippen LogP contribution in [-0.4, -0.2) is 30.5 Å². The Bertz CT molecular complexity index is 860. The topological polar surface area (TPSA) is 73.9 Å². The highest BCUT2D eigenvalue weighted by Crippen LogP contribution is 2.32. The number of rotatable bonds is 7. The largest absolute Gasteiger partial charge is 0.454 e. The van der Waals surface area contributed by atoms with E-state index in [0.717, 1.165) is 5.56 Å². The summed E-state index contributed by atoms with van der Waals surface area (Å²) in [5.41, 5.74) is 0.984. The number of carbonyl (C=O) groups is 2. The number of esters is 1. The first-order valence-electron chi connectivity index (χ1n) is 8.34. The second-order valence-corrected chi connectivity index (χ2v) is 6.92. The maximum atomic E-state index is 12.3. The Kier molecular flexibility index (Phi) is 6.35. The number of halogens is 2. The summed E-state index contributed by atoms with van der Waals surface area (Å²) in [5.74, 6) is -2.45. The number of benzene rings is 2. The van der Waals surface area contributed by atoms with Crippen LogP contribution in [0.2, 0.25) is 0 Å². The van der Waals surface area contributed by atoms with Gasteiger partial charge in [-0.25, -0.2) is 4.79 Å². The van der Waals surface area contributed by atoms with Crippen molar-refractivity contribution in [3.8, 4) is 11.5 Å². The number of nitrogens with one attached hydrogen (secondary N) is 1. The number of ether oxygens (including phenoxy) is 3. The summed E-state index contributed by atoms with van der Waals surface area (Å²) in [6, 6.07) is 10.9. The predicted molar refractivity (Wildman–Crippen MR) is 97.6 cm³/mol. The van der Waals surface area contributed by atoms with Gasteiger partial charge in [0.25, 0.3) is 11.7 Å². The van der Waals surface area contributed by atoms with Gasteiger partial charge in [-0.05, 0) is 48.9 Å². The molecule has 0 spiro atoms. The average molecular weight is 409 g/mol. The molecular weight excluding hydrogens is 392 g/mol. The van der Waals surface area contributed by atoms with Gasteiger partial charge in [-0.2, -0.15) is 8.78 Å². The van der Waals surface area contributed by atoms with E-state index in [1.807, 2.05) is 0 Å². The van der Waals surface area contributed by atoms with Gasteiger partial charge < -0.3 is 19.5 Å². The summed E-state index contributed by atoms with van der Waals surface area (Å²) in [5, 5.41) is 2.68. The van der Waals surface area contributed by atoms with Gasteiger partial charge in [0.2, 0.25) is 6.79 Å². The minimum atomic E-state index is -2.54. The standard InChI is InChI=1S/C19H17F2NO5S/c1-11(27-18(24)13-3-5-14(6-4-13)28-19(20)21)17(23)22-9-12-2-7-15-16(8-12)26-10-25-15/h2-8,11,19H,9-10H2,1H3,(H,22,23). The van der Waals surface area contributed by atoms with Crippen LogP contribution in [-0.2, 0) is 16.1 Å². The zero-order chi connectivity index (χ0) is 20.1. The third-order valence-electron chi connectivity index (χ3n) is 3.87. The zero-order valence-corrected chi connectivity index (χ0v) is 15.6. The second-order valence-electron chi connectivity index (χ2n) is 5.86. The van der Waals surface area contributed by atoms with Crippen LogP contribution < -0.4 is 14.8 Å². The van der Waals surface area contributed by atoms with Gasteiger partial charge in [0, 0.05) is 11.4 Å². The molecular formula is C19H17F2NO5S. The molecule has 1 N–H and O–H groups in total. The highest BCUT2D eigenvalue weighted by molar-refractivity contribution is 7.99. The molecule has 1 atom stereocenters. The second kappa shape index (κ2) is 8.92. The van der Waals surface area contributed by atoms with Gasteiger partial charge in [-0.1, -0.05) is 17.8 Å². The van der Waals surface area contributed by atoms with Gasteiger partial charge in [0.15, 0.2) is 17.6 Å². The summed E-state index contributed by atoms with van der Waals surface area (Å²) in [6.07, 6.45) is -1.02. The summed E-state index contributed by atoms with van der Waals surface area (Å²) in [7, 11) is 0. The van der Waals surface area contributed by atoms with Gasteiger partial charge >= 0.3 is 5.97 Å². The fourth-order valence-electron chi connectivity index (χ4n) is 2.44. The molecule has 2 aromatic carbocycles. The summed E-state index contributed by atoms with van der Waals surface area (Å²) >= 11 is 0.383. The molecule has 1 aliphatic rings. The van der Waals surface area contributed by atoms with Crippen molar-refractivity contribution in [1.82, 2.24) is 5.32 Å². The summed E-state index contributed by atoms with van der Waals surface area (Å²) in [6.45, 7) is 1.85. The Morgan fingerprint density at radius 3 is 2.57 bits per heavy atom. The highest BCUT2D eigenvalue weighted by Gasteiger charge is 2.19. The van der Waals surface area contributed by atoms with Crippen molar-refractivity contribution in [2.75, 3.05) is 6.79 Å².